The molecule has 0 spiro atoms. The summed E-state index contributed by atoms with van der Waals surface area (Å²) in [5.41, 5.74) is 0.857. The molecule has 1 fully saturated rings. The molecular weight excluding hydrogens is 240 g/mol. The summed E-state index contributed by atoms with van der Waals surface area (Å²) in [7, 11) is 0. The summed E-state index contributed by atoms with van der Waals surface area (Å²) in [5.74, 6) is -1.39. The zero-order valence-corrected chi connectivity index (χ0v) is 9.78. The zero-order valence-electron chi connectivity index (χ0n) is 9.03. The highest BCUT2D eigenvalue weighted by molar-refractivity contribution is 6.32. The van der Waals surface area contributed by atoms with Crippen molar-refractivity contribution < 1.29 is 9.59 Å². The maximum Gasteiger partial charge on any atom is 0.235 e. The molecule has 1 aliphatic heterocycles. The molecule has 5 heteroatoms. The van der Waals surface area contributed by atoms with Crippen LogP contribution in [-0.2, 0) is 9.59 Å². The predicted octanol–water partition coefficient (Wildman–Crippen LogP) is 1.38. The van der Waals surface area contributed by atoms with E-state index < -0.39 is 12.0 Å². The molecule has 1 aromatic rings. The maximum atomic E-state index is 11.8. The van der Waals surface area contributed by atoms with E-state index >= 15 is 0 Å². The van der Waals surface area contributed by atoms with Crippen LogP contribution in [0, 0.1) is 11.3 Å². The van der Waals surface area contributed by atoms with Crippen LogP contribution >= 0.6 is 11.6 Å². The van der Waals surface area contributed by atoms with Crippen molar-refractivity contribution in [1.82, 2.24) is 5.32 Å². The van der Waals surface area contributed by atoms with Crippen LogP contribution in [-0.4, -0.2) is 17.7 Å². The molecule has 0 bridgehead atoms. The molecule has 1 amide bonds. The number of halogens is 1. The first kappa shape index (κ1) is 11.6. The van der Waals surface area contributed by atoms with E-state index in [-0.39, 0.29) is 16.7 Å². The Balaban J connectivity index is 2.45. The van der Waals surface area contributed by atoms with Crippen molar-refractivity contribution >= 4 is 23.3 Å². The molecule has 0 aromatic heterocycles. The molecule has 2 unspecified atom stereocenters. The van der Waals surface area contributed by atoms with Gasteiger partial charge in [-0.05, 0) is 24.6 Å². The molecule has 2 atom stereocenters. The summed E-state index contributed by atoms with van der Waals surface area (Å²) >= 11 is 5.98. The Morgan fingerprint density at radius 1 is 1.41 bits per heavy atom. The van der Waals surface area contributed by atoms with Gasteiger partial charge in [0.1, 0.15) is 5.92 Å². The number of hydrogen-bond acceptors (Lipinski definition) is 3. The first-order valence-electron chi connectivity index (χ1n) is 5.08. The van der Waals surface area contributed by atoms with Gasteiger partial charge in [0.05, 0.1) is 17.7 Å². The van der Waals surface area contributed by atoms with Crippen LogP contribution in [0.2, 0.25) is 5.02 Å². The van der Waals surface area contributed by atoms with Gasteiger partial charge in [0.25, 0.3) is 0 Å². The fourth-order valence-corrected chi connectivity index (χ4v) is 2.16. The summed E-state index contributed by atoms with van der Waals surface area (Å²) in [6.07, 6.45) is 0. The molecule has 17 heavy (non-hydrogen) atoms. The second kappa shape index (κ2) is 4.19. The third-order valence-corrected chi connectivity index (χ3v) is 3.10. The number of carbonyl (C=O) groups excluding carboxylic acids is 2. The zero-order chi connectivity index (χ0) is 12.6. The number of nitrogens with one attached hydrogen (secondary N) is 1. The van der Waals surface area contributed by atoms with Crippen molar-refractivity contribution in [3.05, 3.63) is 34.3 Å². The van der Waals surface area contributed by atoms with Gasteiger partial charge in [-0.3, -0.25) is 9.59 Å². The lowest BCUT2D eigenvalue weighted by Crippen LogP contribution is -2.25. The van der Waals surface area contributed by atoms with Gasteiger partial charge in [-0.15, -0.1) is 0 Å². The Bertz CT molecular complexity index is 548. The summed E-state index contributed by atoms with van der Waals surface area (Å²) in [6, 6.07) is 6.02. The third kappa shape index (κ3) is 1.90. The summed E-state index contributed by atoms with van der Waals surface area (Å²) in [4.78, 5) is 23.5. The Kier molecular flexibility index (Phi) is 2.86. The second-order valence-corrected chi connectivity index (χ2v) is 4.32. The van der Waals surface area contributed by atoms with Gasteiger partial charge in [-0.2, -0.15) is 5.26 Å². The minimum Gasteiger partial charge on any atom is -0.346 e. The van der Waals surface area contributed by atoms with E-state index in [0.717, 1.165) is 0 Å². The minimum absolute atomic E-state index is 0.193. The molecule has 1 heterocycles. The van der Waals surface area contributed by atoms with E-state index in [1.807, 2.05) is 6.07 Å². The predicted molar refractivity (Wildman–Crippen MR) is 61.5 cm³/mol. The van der Waals surface area contributed by atoms with Gasteiger partial charge in [0, 0.05) is 5.02 Å². The Hall–Kier alpha value is -1.86. The van der Waals surface area contributed by atoms with Gasteiger partial charge >= 0.3 is 0 Å². The largest absolute Gasteiger partial charge is 0.346 e. The molecule has 0 aliphatic carbocycles. The quantitative estimate of drug-likeness (QED) is 0.764. The number of amides is 1. The number of nitrogens with zero attached hydrogens (tertiary/aromatic N) is 1. The SMILES string of the molecule is CC1NC(=O)C(c2ccc(C#N)cc2Cl)C1=O. The average Bonchev–Trinajstić information content (AvgIpc) is 2.54. The number of rotatable bonds is 1. The fraction of sp³-hybridized carbons (Fsp3) is 0.250. The van der Waals surface area contributed by atoms with Gasteiger partial charge in [0.15, 0.2) is 5.78 Å². The van der Waals surface area contributed by atoms with Crippen molar-refractivity contribution in [3.63, 3.8) is 0 Å². The Morgan fingerprint density at radius 3 is 2.59 bits per heavy atom. The summed E-state index contributed by atoms with van der Waals surface area (Å²) in [6.45, 7) is 1.64. The molecular formula is C12H9ClN2O2. The van der Waals surface area contributed by atoms with E-state index in [1.165, 1.54) is 6.07 Å². The summed E-state index contributed by atoms with van der Waals surface area (Å²) in [5, 5.41) is 11.5. The van der Waals surface area contributed by atoms with Gasteiger partial charge < -0.3 is 5.32 Å². The standard InChI is InChI=1S/C12H9ClN2O2/c1-6-11(16)10(12(17)15-6)8-3-2-7(5-14)4-9(8)13/h2-4,6,10H,1H3,(H,15,17). The van der Waals surface area contributed by atoms with E-state index in [2.05, 4.69) is 5.32 Å². The van der Waals surface area contributed by atoms with Crippen LogP contribution in [0.1, 0.15) is 24.0 Å². The first-order chi connectivity index (χ1) is 8.04. The molecule has 1 N–H and O–H groups in total. The smallest absolute Gasteiger partial charge is 0.235 e. The highest BCUT2D eigenvalue weighted by atomic mass is 35.5. The molecule has 1 saturated heterocycles. The minimum atomic E-state index is -0.856. The number of nitriles is 1. The molecule has 4 nitrogen and oxygen atoms in total. The molecule has 0 radical (unpaired) electrons. The van der Waals surface area contributed by atoms with Crippen LogP contribution in [0.15, 0.2) is 18.2 Å². The third-order valence-electron chi connectivity index (χ3n) is 2.77. The topological polar surface area (TPSA) is 70.0 Å². The van der Waals surface area contributed by atoms with Gasteiger partial charge in [-0.25, -0.2) is 0 Å². The van der Waals surface area contributed by atoms with Crippen molar-refractivity contribution in [2.45, 2.75) is 18.9 Å². The fourth-order valence-electron chi connectivity index (χ4n) is 1.87. The molecule has 86 valence electrons. The van der Waals surface area contributed by atoms with Crippen molar-refractivity contribution in [2.75, 3.05) is 0 Å². The summed E-state index contributed by atoms with van der Waals surface area (Å²) < 4.78 is 0. The Morgan fingerprint density at radius 2 is 2.12 bits per heavy atom. The number of benzene rings is 1. The molecule has 0 saturated carbocycles. The van der Waals surface area contributed by atoms with Crippen molar-refractivity contribution in [3.8, 4) is 6.07 Å². The Labute approximate surface area is 103 Å². The lowest BCUT2D eigenvalue weighted by atomic mass is 9.94. The van der Waals surface area contributed by atoms with E-state index in [9.17, 15) is 9.59 Å². The van der Waals surface area contributed by atoms with Gasteiger partial charge in [0.2, 0.25) is 5.91 Å². The van der Waals surface area contributed by atoms with Crippen molar-refractivity contribution in [2.24, 2.45) is 0 Å². The van der Waals surface area contributed by atoms with Crippen LogP contribution < -0.4 is 5.32 Å². The molecule has 2 rings (SSSR count). The van der Waals surface area contributed by atoms with E-state index in [1.54, 1.807) is 19.1 Å². The van der Waals surface area contributed by atoms with Gasteiger partial charge in [-0.1, -0.05) is 17.7 Å². The highest BCUT2D eigenvalue weighted by Crippen LogP contribution is 2.30. The second-order valence-electron chi connectivity index (χ2n) is 3.91. The number of Topliss-reactive ketones (excluding diaryl/α,β-unsaturated/α-hetero) is 1. The van der Waals surface area contributed by atoms with Crippen LogP contribution in [0.5, 0.6) is 0 Å². The maximum absolute atomic E-state index is 11.8. The average molecular weight is 249 g/mol. The molecule has 1 aliphatic rings. The number of hydrogen-bond donors (Lipinski definition) is 1. The first-order valence-corrected chi connectivity index (χ1v) is 5.46. The van der Waals surface area contributed by atoms with E-state index in [0.29, 0.717) is 11.1 Å². The monoisotopic (exact) mass is 248 g/mol. The van der Waals surface area contributed by atoms with Crippen LogP contribution in [0.3, 0.4) is 0 Å². The molecule has 1 aromatic carbocycles. The number of ketones is 1. The number of carbonyl (C=O) groups is 2. The highest BCUT2D eigenvalue weighted by Gasteiger charge is 2.40. The van der Waals surface area contributed by atoms with E-state index in [4.69, 9.17) is 16.9 Å². The van der Waals surface area contributed by atoms with Crippen LogP contribution in [0.25, 0.3) is 0 Å². The normalized spacial score (nSPS) is 23.4. The van der Waals surface area contributed by atoms with Crippen LogP contribution in [0.4, 0.5) is 0 Å². The van der Waals surface area contributed by atoms with Crippen molar-refractivity contribution in [1.29, 1.82) is 5.26 Å². The lowest BCUT2D eigenvalue weighted by Gasteiger charge is -2.08. The lowest BCUT2D eigenvalue weighted by molar-refractivity contribution is -0.124.